The highest BCUT2D eigenvalue weighted by atomic mass is 32.2. The zero-order chi connectivity index (χ0) is 10.9. The molecule has 1 N–H and O–H groups in total. The summed E-state index contributed by atoms with van der Waals surface area (Å²) in [6.45, 7) is 5.55. The number of hydrogen-bond acceptors (Lipinski definition) is 4. The van der Waals surface area contributed by atoms with E-state index in [4.69, 9.17) is 0 Å². The first-order valence-corrected chi connectivity index (χ1v) is 7.71. The van der Waals surface area contributed by atoms with Crippen LogP contribution in [0.15, 0.2) is 0 Å². The molecule has 2 unspecified atom stereocenters. The molecule has 0 saturated carbocycles. The molecule has 0 spiro atoms. The topological polar surface area (TPSA) is 49.4 Å². The Kier molecular flexibility index (Phi) is 3.33. The Morgan fingerprint density at radius 3 is 2.40 bits per heavy atom. The highest BCUT2D eigenvalue weighted by molar-refractivity contribution is 7.90. The van der Waals surface area contributed by atoms with Crippen LogP contribution >= 0.6 is 0 Å². The molecule has 2 heterocycles. The van der Waals surface area contributed by atoms with Gasteiger partial charge in [-0.2, -0.15) is 0 Å². The molecule has 0 bridgehead atoms. The number of rotatable bonds is 4. The summed E-state index contributed by atoms with van der Waals surface area (Å²) in [4.78, 5) is 2.42. The first-order valence-electron chi connectivity index (χ1n) is 5.65. The highest BCUT2D eigenvalue weighted by Gasteiger charge is 2.35. The molecule has 5 heteroatoms. The van der Waals surface area contributed by atoms with Crippen molar-refractivity contribution in [3.63, 3.8) is 0 Å². The van der Waals surface area contributed by atoms with Gasteiger partial charge in [0.1, 0.15) is 9.84 Å². The van der Waals surface area contributed by atoms with Gasteiger partial charge in [-0.3, -0.25) is 0 Å². The summed E-state index contributed by atoms with van der Waals surface area (Å²) < 4.78 is 21.9. The number of hydrogen-bond donors (Lipinski definition) is 1. The van der Waals surface area contributed by atoms with Crippen molar-refractivity contribution in [2.24, 2.45) is 11.8 Å². The average Bonchev–Trinajstić information content (AvgIpc) is 2.60. The summed E-state index contributed by atoms with van der Waals surface area (Å²) in [5.74, 6) is 1.95. The third kappa shape index (κ3) is 3.16. The monoisotopic (exact) mass is 232 g/mol. The Balaban J connectivity index is 1.69. The van der Waals surface area contributed by atoms with Crippen molar-refractivity contribution in [3.05, 3.63) is 0 Å². The quantitative estimate of drug-likeness (QED) is 0.715. The SMILES string of the molecule is CS(=O)(=O)CCCN1CC2CNCC2C1. The fraction of sp³-hybridized carbons (Fsp3) is 1.00. The van der Waals surface area contributed by atoms with E-state index in [1.807, 2.05) is 0 Å². The second kappa shape index (κ2) is 4.39. The molecule has 2 atom stereocenters. The molecule has 0 amide bonds. The van der Waals surface area contributed by atoms with Gasteiger partial charge >= 0.3 is 0 Å². The standard InChI is InChI=1S/C10H20N2O2S/c1-15(13,14)4-2-3-12-7-9-5-11-6-10(9)8-12/h9-11H,2-8H2,1H3. The molecule has 15 heavy (non-hydrogen) atoms. The van der Waals surface area contributed by atoms with E-state index in [-0.39, 0.29) is 0 Å². The van der Waals surface area contributed by atoms with E-state index in [1.165, 1.54) is 6.26 Å². The Morgan fingerprint density at radius 1 is 1.27 bits per heavy atom. The van der Waals surface area contributed by atoms with E-state index in [1.54, 1.807) is 0 Å². The van der Waals surface area contributed by atoms with Crippen LogP contribution in [0.1, 0.15) is 6.42 Å². The minimum atomic E-state index is -2.77. The Morgan fingerprint density at radius 2 is 1.87 bits per heavy atom. The third-order valence-corrected chi connectivity index (χ3v) is 4.48. The van der Waals surface area contributed by atoms with Crippen molar-refractivity contribution >= 4 is 9.84 Å². The van der Waals surface area contributed by atoms with E-state index in [0.29, 0.717) is 5.75 Å². The van der Waals surface area contributed by atoms with Gasteiger partial charge in [0.25, 0.3) is 0 Å². The van der Waals surface area contributed by atoms with Gasteiger partial charge in [0, 0.05) is 19.3 Å². The van der Waals surface area contributed by atoms with E-state index in [2.05, 4.69) is 10.2 Å². The molecule has 88 valence electrons. The number of fused-ring (bicyclic) bond motifs is 1. The van der Waals surface area contributed by atoms with Gasteiger partial charge < -0.3 is 10.2 Å². The molecule has 2 saturated heterocycles. The lowest BCUT2D eigenvalue weighted by atomic mass is 10.0. The summed E-state index contributed by atoms with van der Waals surface area (Å²) in [5, 5.41) is 3.40. The molecule has 2 aliphatic rings. The van der Waals surface area contributed by atoms with Crippen LogP contribution in [0.4, 0.5) is 0 Å². The predicted molar refractivity (Wildman–Crippen MR) is 60.6 cm³/mol. The van der Waals surface area contributed by atoms with E-state index >= 15 is 0 Å². The predicted octanol–water partition coefficient (Wildman–Crippen LogP) is -0.428. The first-order chi connectivity index (χ1) is 7.04. The van der Waals surface area contributed by atoms with Crippen LogP contribution in [-0.4, -0.2) is 58.1 Å². The van der Waals surface area contributed by atoms with E-state index in [0.717, 1.165) is 51.0 Å². The van der Waals surface area contributed by atoms with E-state index < -0.39 is 9.84 Å². The van der Waals surface area contributed by atoms with Crippen LogP contribution in [-0.2, 0) is 9.84 Å². The smallest absolute Gasteiger partial charge is 0.147 e. The number of likely N-dealkylation sites (tertiary alicyclic amines) is 1. The zero-order valence-electron chi connectivity index (χ0n) is 9.28. The molecule has 2 rings (SSSR count). The van der Waals surface area contributed by atoms with Crippen LogP contribution in [0, 0.1) is 11.8 Å². The molecule has 2 aliphatic heterocycles. The molecule has 4 nitrogen and oxygen atoms in total. The van der Waals surface area contributed by atoms with Gasteiger partial charge in [0.15, 0.2) is 0 Å². The van der Waals surface area contributed by atoms with Crippen molar-refractivity contribution < 1.29 is 8.42 Å². The Hall–Kier alpha value is -0.130. The molecule has 0 aromatic heterocycles. The maximum absolute atomic E-state index is 11.0. The molecule has 0 aromatic rings. The van der Waals surface area contributed by atoms with E-state index in [9.17, 15) is 8.42 Å². The number of nitrogens with zero attached hydrogens (tertiary/aromatic N) is 1. The lowest BCUT2D eigenvalue weighted by molar-refractivity contribution is 0.314. The zero-order valence-corrected chi connectivity index (χ0v) is 10.1. The van der Waals surface area contributed by atoms with Gasteiger partial charge in [-0.05, 0) is 37.9 Å². The lowest BCUT2D eigenvalue weighted by Crippen LogP contribution is -2.27. The van der Waals surface area contributed by atoms with Crippen LogP contribution in [0.25, 0.3) is 0 Å². The van der Waals surface area contributed by atoms with Crippen molar-refractivity contribution in [3.8, 4) is 0 Å². The largest absolute Gasteiger partial charge is 0.316 e. The van der Waals surface area contributed by atoms with Gasteiger partial charge in [0.05, 0.1) is 5.75 Å². The molecule has 2 fully saturated rings. The molecule has 0 radical (unpaired) electrons. The van der Waals surface area contributed by atoms with Crippen LogP contribution in [0.3, 0.4) is 0 Å². The lowest BCUT2D eigenvalue weighted by Gasteiger charge is -2.16. The summed E-state index contributed by atoms with van der Waals surface area (Å²) in [6, 6.07) is 0. The molecule has 0 aliphatic carbocycles. The fourth-order valence-corrected chi connectivity index (χ4v) is 3.34. The van der Waals surface area contributed by atoms with Gasteiger partial charge in [-0.15, -0.1) is 0 Å². The van der Waals surface area contributed by atoms with Crippen molar-refractivity contribution in [1.29, 1.82) is 0 Å². The minimum Gasteiger partial charge on any atom is -0.316 e. The Labute approximate surface area is 91.9 Å². The summed E-state index contributed by atoms with van der Waals surface area (Å²) in [7, 11) is -2.77. The first kappa shape index (κ1) is 11.4. The van der Waals surface area contributed by atoms with Gasteiger partial charge in [-0.1, -0.05) is 0 Å². The molecule has 0 aromatic carbocycles. The fourth-order valence-electron chi connectivity index (χ4n) is 2.69. The number of sulfone groups is 1. The van der Waals surface area contributed by atoms with Crippen LogP contribution in [0.2, 0.25) is 0 Å². The summed E-state index contributed by atoms with van der Waals surface area (Å²) in [6.07, 6.45) is 2.10. The highest BCUT2D eigenvalue weighted by Crippen LogP contribution is 2.25. The van der Waals surface area contributed by atoms with Crippen molar-refractivity contribution in [2.75, 3.05) is 44.7 Å². The number of nitrogens with one attached hydrogen (secondary N) is 1. The maximum atomic E-state index is 11.0. The third-order valence-electron chi connectivity index (χ3n) is 3.45. The van der Waals surface area contributed by atoms with Gasteiger partial charge in [-0.25, -0.2) is 8.42 Å². The Bertz CT molecular complexity index is 303. The van der Waals surface area contributed by atoms with Crippen LogP contribution < -0.4 is 5.32 Å². The average molecular weight is 232 g/mol. The molecular weight excluding hydrogens is 212 g/mol. The summed E-state index contributed by atoms with van der Waals surface area (Å²) >= 11 is 0. The second-order valence-electron chi connectivity index (χ2n) is 4.92. The minimum absolute atomic E-state index is 0.330. The van der Waals surface area contributed by atoms with Gasteiger partial charge in [0.2, 0.25) is 0 Å². The second-order valence-corrected chi connectivity index (χ2v) is 7.18. The maximum Gasteiger partial charge on any atom is 0.147 e. The molecular formula is C10H20N2O2S. The summed E-state index contributed by atoms with van der Waals surface area (Å²) in [5.41, 5.74) is 0. The normalized spacial score (nSPS) is 32.1. The van der Waals surface area contributed by atoms with Crippen LogP contribution in [0.5, 0.6) is 0 Å². The van der Waals surface area contributed by atoms with Crippen molar-refractivity contribution in [2.45, 2.75) is 6.42 Å². The van der Waals surface area contributed by atoms with Crippen molar-refractivity contribution in [1.82, 2.24) is 10.2 Å².